The third-order valence-electron chi connectivity index (χ3n) is 2.00. The molecule has 1 rings (SSSR count). The van der Waals surface area contributed by atoms with E-state index in [1.807, 2.05) is 6.07 Å². The standard InChI is InChI=1S/C10H13BrCl2N2/c1-2-7(12)3-4-14-10-9(11)5-8(13)6-15-10/h5-7H,2-4H2,1H3,(H,14,15). The van der Waals surface area contributed by atoms with Gasteiger partial charge in [-0.1, -0.05) is 18.5 Å². The Morgan fingerprint density at radius 1 is 1.60 bits per heavy atom. The average Bonchev–Trinajstić information content (AvgIpc) is 2.21. The first-order valence-electron chi connectivity index (χ1n) is 4.82. The highest BCUT2D eigenvalue weighted by Gasteiger charge is 2.04. The Morgan fingerprint density at radius 2 is 2.33 bits per heavy atom. The SMILES string of the molecule is CCC(Cl)CCNc1ncc(Cl)cc1Br. The number of hydrogen-bond acceptors (Lipinski definition) is 2. The molecule has 0 spiro atoms. The molecule has 1 unspecified atom stereocenters. The van der Waals surface area contributed by atoms with Crippen LogP contribution in [0.2, 0.25) is 5.02 Å². The zero-order chi connectivity index (χ0) is 11.3. The number of nitrogens with one attached hydrogen (secondary N) is 1. The lowest BCUT2D eigenvalue weighted by molar-refractivity contribution is 0.752. The van der Waals surface area contributed by atoms with Crippen molar-refractivity contribution >= 4 is 44.9 Å². The molecule has 84 valence electrons. The van der Waals surface area contributed by atoms with Crippen LogP contribution in [-0.4, -0.2) is 16.9 Å². The van der Waals surface area contributed by atoms with Gasteiger partial charge in [0, 0.05) is 18.1 Å². The van der Waals surface area contributed by atoms with Gasteiger partial charge in [-0.05, 0) is 34.8 Å². The molecule has 1 N–H and O–H groups in total. The van der Waals surface area contributed by atoms with Gasteiger partial charge in [-0.15, -0.1) is 11.6 Å². The summed E-state index contributed by atoms with van der Waals surface area (Å²) in [6.07, 6.45) is 3.53. The molecule has 1 atom stereocenters. The maximum Gasteiger partial charge on any atom is 0.140 e. The zero-order valence-corrected chi connectivity index (χ0v) is 11.5. The minimum Gasteiger partial charge on any atom is -0.369 e. The van der Waals surface area contributed by atoms with Gasteiger partial charge in [-0.2, -0.15) is 0 Å². The van der Waals surface area contributed by atoms with Gasteiger partial charge in [0.05, 0.1) is 9.50 Å². The van der Waals surface area contributed by atoms with Crippen LogP contribution in [0.3, 0.4) is 0 Å². The number of hydrogen-bond donors (Lipinski definition) is 1. The van der Waals surface area contributed by atoms with Crippen molar-refractivity contribution in [2.24, 2.45) is 0 Å². The number of alkyl halides is 1. The Hall–Kier alpha value is 0.01000. The van der Waals surface area contributed by atoms with Crippen LogP contribution in [0.15, 0.2) is 16.7 Å². The molecule has 0 aliphatic carbocycles. The highest BCUT2D eigenvalue weighted by atomic mass is 79.9. The van der Waals surface area contributed by atoms with Crippen molar-refractivity contribution in [3.8, 4) is 0 Å². The Kier molecular flexibility index (Phi) is 5.72. The molecule has 0 aromatic carbocycles. The first-order chi connectivity index (χ1) is 7.13. The second-order valence-corrected chi connectivity index (χ2v) is 5.11. The molecule has 5 heteroatoms. The van der Waals surface area contributed by atoms with Crippen LogP contribution in [-0.2, 0) is 0 Å². The molecular weight excluding hydrogens is 299 g/mol. The van der Waals surface area contributed by atoms with Gasteiger partial charge in [-0.3, -0.25) is 0 Å². The van der Waals surface area contributed by atoms with Crippen molar-refractivity contribution in [2.45, 2.75) is 25.1 Å². The van der Waals surface area contributed by atoms with E-state index >= 15 is 0 Å². The molecule has 15 heavy (non-hydrogen) atoms. The van der Waals surface area contributed by atoms with Crippen molar-refractivity contribution in [3.05, 3.63) is 21.8 Å². The minimum atomic E-state index is 0.226. The molecule has 0 aliphatic rings. The number of anilines is 1. The summed E-state index contributed by atoms with van der Waals surface area (Å²) in [4.78, 5) is 4.17. The largest absolute Gasteiger partial charge is 0.369 e. The second-order valence-electron chi connectivity index (χ2n) is 3.20. The van der Waals surface area contributed by atoms with E-state index < -0.39 is 0 Å². The minimum absolute atomic E-state index is 0.226. The first kappa shape index (κ1) is 13.1. The van der Waals surface area contributed by atoms with Gasteiger partial charge in [0.15, 0.2) is 0 Å². The van der Waals surface area contributed by atoms with Gasteiger partial charge in [0.2, 0.25) is 0 Å². The number of nitrogens with zero attached hydrogens (tertiary/aromatic N) is 1. The Balaban J connectivity index is 2.44. The van der Waals surface area contributed by atoms with Crippen molar-refractivity contribution in [2.75, 3.05) is 11.9 Å². The summed E-state index contributed by atoms with van der Waals surface area (Å²) in [6, 6.07) is 1.81. The summed E-state index contributed by atoms with van der Waals surface area (Å²) in [7, 11) is 0. The average molecular weight is 312 g/mol. The molecule has 0 amide bonds. The molecule has 0 aliphatic heterocycles. The third kappa shape index (κ3) is 4.58. The Morgan fingerprint density at radius 3 is 2.93 bits per heavy atom. The summed E-state index contributed by atoms with van der Waals surface area (Å²) >= 11 is 15.2. The molecule has 1 heterocycles. The smallest absolute Gasteiger partial charge is 0.140 e. The quantitative estimate of drug-likeness (QED) is 0.819. The lowest BCUT2D eigenvalue weighted by atomic mass is 10.2. The topological polar surface area (TPSA) is 24.9 Å². The fourth-order valence-electron chi connectivity index (χ4n) is 1.10. The van der Waals surface area contributed by atoms with Crippen LogP contribution >= 0.6 is 39.1 Å². The Labute approximate surface area is 108 Å². The maximum atomic E-state index is 6.00. The van der Waals surface area contributed by atoms with Crippen LogP contribution in [0.5, 0.6) is 0 Å². The molecule has 0 saturated heterocycles. The molecule has 2 nitrogen and oxygen atoms in total. The van der Waals surface area contributed by atoms with Gasteiger partial charge in [-0.25, -0.2) is 4.98 Å². The van der Waals surface area contributed by atoms with Gasteiger partial charge in [0.25, 0.3) is 0 Å². The van der Waals surface area contributed by atoms with Crippen molar-refractivity contribution in [1.29, 1.82) is 0 Å². The molecule has 1 aromatic rings. The van der Waals surface area contributed by atoms with E-state index in [1.54, 1.807) is 6.20 Å². The summed E-state index contributed by atoms with van der Waals surface area (Å²) < 4.78 is 0.873. The number of aromatic nitrogens is 1. The van der Waals surface area contributed by atoms with Crippen LogP contribution in [0, 0.1) is 0 Å². The number of pyridine rings is 1. The summed E-state index contributed by atoms with van der Waals surface area (Å²) in [5.41, 5.74) is 0. The van der Waals surface area contributed by atoms with Crippen molar-refractivity contribution in [1.82, 2.24) is 4.98 Å². The van der Waals surface area contributed by atoms with Crippen LogP contribution in [0.4, 0.5) is 5.82 Å². The fourth-order valence-corrected chi connectivity index (χ4v) is 1.98. The number of rotatable bonds is 5. The van der Waals surface area contributed by atoms with Crippen LogP contribution < -0.4 is 5.32 Å². The van der Waals surface area contributed by atoms with E-state index in [0.717, 1.165) is 29.7 Å². The molecule has 0 fully saturated rings. The predicted molar refractivity (Wildman–Crippen MR) is 70.0 cm³/mol. The second kappa shape index (κ2) is 6.56. The first-order valence-corrected chi connectivity index (χ1v) is 6.43. The van der Waals surface area contributed by atoms with Crippen molar-refractivity contribution in [3.63, 3.8) is 0 Å². The molecule has 0 saturated carbocycles. The third-order valence-corrected chi connectivity index (χ3v) is 3.34. The van der Waals surface area contributed by atoms with Gasteiger partial charge < -0.3 is 5.32 Å². The molecular formula is C10H13BrCl2N2. The summed E-state index contributed by atoms with van der Waals surface area (Å²) in [6.45, 7) is 2.89. The fraction of sp³-hybridized carbons (Fsp3) is 0.500. The number of halogens is 3. The molecule has 0 bridgehead atoms. The highest BCUT2D eigenvalue weighted by Crippen LogP contribution is 2.23. The van der Waals surface area contributed by atoms with Gasteiger partial charge >= 0.3 is 0 Å². The molecule has 1 aromatic heterocycles. The van der Waals surface area contributed by atoms with Gasteiger partial charge in [0.1, 0.15) is 5.82 Å². The van der Waals surface area contributed by atoms with Crippen LogP contribution in [0.1, 0.15) is 19.8 Å². The van der Waals surface area contributed by atoms with E-state index in [9.17, 15) is 0 Å². The lowest BCUT2D eigenvalue weighted by Crippen LogP contribution is -2.09. The monoisotopic (exact) mass is 310 g/mol. The highest BCUT2D eigenvalue weighted by molar-refractivity contribution is 9.10. The Bertz CT molecular complexity index is 320. The summed E-state index contributed by atoms with van der Waals surface area (Å²) in [5, 5.41) is 4.05. The zero-order valence-electron chi connectivity index (χ0n) is 8.43. The maximum absolute atomic E-state index is 6.00. The lowest BCUT2D eigenvalue weighted by Gasteiger charge is -2.09. The van der Waals surface area contributed by atoms with E-state index in [1.165, 1.54) is 0 Å². The van der Waals surface area contributed by atoms with Crippen molar-refractivity contribution < 1.29 is 0 Å². The van der Waals surface area contributed by atoms with E-state index in [0.29, 0.717) is 5.02 Å². The van der Waals surface area contributed by atoms with E-state index in [2.05, 4.69) is 33.2 Å². The van der Waals surface area contributed by atoms with E-state index in [4.69, 9.17) is 23.2 Å². The van der Waals surface area contributed by atoms with E-state index in [-0.39, 0.29) is 5.38 Å². The normalized spacial score (nSPS) is 12.5. The molecule has 0 radical (unpaired) electrons. The summed E-state index contributed by atoms with van der Waals surface area (Å²) in [5.74, 6) is 0.805. The predicted octanol–water partition coefficient (Wildman–Crippen LogP) is 4.32. The van der Waals surface area contributed by atoms with Crippen LogP contribution in [0.25, 0.3) is 0 Å².